The van der Waals surface area contributed by atoms with E-state index >= 15 is 0 Å². The molecule has 1 amide bonds. The van der Waals surface area contributed by atoms with Crippen molar-refractivity contribution < 1.29 is 9.53 Å². The molecule has 2 heterocycles. The first-order valence-electron chi connectivity index (χ1n) is 6.49. The number of ether oxygens (including phenoxy) is 1. The minimum absolute atomic E-state index is 0.146. The molecule has 0 spiro atoms. The van der Waals surface area contributed by atoms with Gasteiger partial charge in [0.2, 0.25) is 0 Å². The number of nitrogens with zero attached hydrogens (tertiary/aromatic N) is 1. The topological polar surface area (TPSA) is 29.5 Å². The summed E-state index contributed by atoms with van der Waals surface area (Å²) in [6.45, 7) is 2.71. The maximum Gasteiger partial charge on any atom is 0.252 e. The Morgan fingerprint density at radius 2 is 2.17 bits per heavy atom. The molecule has 1 aromatic carbocycles. The van der Waals surface area contributed by atoms with Crippen LogP contribution in [0.15, 0.2) is 42.0 Å². The molecular formula is C15H17NO2. The van der Waals surface area contributed by atoms with E-state index in [4.69, 9.17) is 4.74 Å². The Bertz CT molecular complexity index is 481. The average Bonchev–Trinajstić information content (AvgIpc) is 2.93. The van der Waals surface area contributed by atoms with Gasteiger partial charge in [-0.15, -0.1) is 0 Å². The van der Waals surface area contributed by atoms with E-state index in [1.807, 2.05) is 41.3 Å². The maximum absolute atomic E-state index is 12.3. The summed E-state index contributed by atoms with van der Waals surface area (Å²) in [6.07, 6.45) is 3.59. The van der Waals surface area contributed by atoms with E-state index < -0.39 is 0 Å². The van der Waals surface area contributed by atoms with Crippen molar-refractivity contribution in [1.82, 2.24) is 4.90 Å². The lowest BCUT2D eigenvalue weighted by molar-refractivity contribution is -0.131. The molecule has 3 rings (SSSR count). The Kier molecular flexibility index (Phi) is 2.92. The largest absolute Gasteiger partial charge is 0.352 e. The zero-order chi connectivity index (χ0) is 12.5. The zero-order valence-electron chi connectivity index (χ0n) is 10.5. The third kappa shape index (κ3) is 1.75. The first-order valence-corrected chi connectivity index (χ1v) is 6.49. The van der Waals surface area contributed by atoms with Crippen LogP contribution in [-0.4, -0.2) is 23.5 Å². The van der Waals surface area contributed by atoms with Gasteiger partial charge < -0.3 is 9.64 Å². The number of rotatable bonds is 2. The minimum atomic E-state index is -0.202. The Labute approximate surface area is 107 Å². The lowest BCUT2D eigenvalue weighted by atomic mass is 10.1. The van der Waals surface area contributed by atoms with Crippen LogP contribution in [0.2, 0.25) is 0 Å². The third-order valence-electron chi connectivity index (χ3n) is 3.59. The fourth-order valence-corrected chi connectivity index (χ4v) is 2.78. The van der Waals surface area contributed by atoms with Crippen molar-refractivity contribution in [2.75, 3.05) is 6.61 Å². The third-order valence-corrected chi connectivity index (χ3v) is 3.59. The van der Waals surface area contributed by atoms with E-state index in [0.717, 1.165) is 24.0 Å². The van der Waals surface area contributed by atoms with Gasteiger partial charge >= 0.3 is 0 Å². The Morgan fingerprint density at radius 3 is 2.89 bits per heavy atom. The number of benzene rings is 1. The highest BCUT2D eigenvalue weighted by Crippen LogP contribution is 2.39. The lowest BCUT2D eigenvalue weighted by Crippen LogP contribution is -2.30. The molecule has 0 radical (unpaired) electrons. The van der Waals surface area contributed by atoms with Crippen molar-refractivity contribution >= 4 is 5.91 Å². The second kappa shape index (κ2) is 4.58. The normalized spacial score (nSPS) is 29.1. The van der Waals surface area contributed by atoms with Crippen molar-refractivity contribution in [3.05, 3.63) is 47.5 Å². The molecule has 2 aliphatic rings. The van der Waals surface area contributed by atoms with Gasteiger partial charge in [0.1, 0.15) is 0 Å². The number of carbonyl (C=O) groups excluding carboxylic acids is 1. The summed E-state index contributed by atoms with van der Waals surface area (Å²) >= 11 is 0. The number of fused-ring (bicyclic) bond motifs is 1. The quantitative estimate of drug-likeness (QED) is 0.747. The summed E-state index contributed by atoms with van der Waals surface area (Å²) in [6, 6.07) is 10.2. The molecular weight excluding hydrogens is 226 g/mol. The number of hydrogen-bond donors (Lipinski definition) is 0. The van der Waals surface area contributed by atoms with E-state index in [2.05, 4.69) is 6.92 Å². The van der Waals surface area contributed by atoms with Crippen LogP contribution >= 0.6 is 0 Å². The zero-order valence-corrected chi connectivity index (χ0v) is 10.5. The smallest absolute Gasteiger partial charge is 0.252 e. The molecule has 18 heavy (non-hydrogen) atoms. The van der Waals surface area contributed by atoms with Crippen LogP contribution in [0.1, 0.15) is 31.6 Å². The summed E-state index contributed by atoms with van der Waals surface area (Å²) in [5, 5.41) is 0. The van der Waals surface area contributed by atoms with Crippen LogP contribution in [-0.2, 0) is 9.53 Å². The van der Waals surface area contributed by atoms with Gasteiger partial charge in [0.15, 0.2) is 6.23 Å². The fraction of sp³-hybridized carbons (Fsp3) is 0.400. The van der Waals surface area contributed by atoms with Crippen LogP contribution in [0.25, 0.3) is 0 Å². The molecule has 0 N–H and O–H groups in total. The van der Waals surface area contributed by atoms with Gasteiger partial charge in [0.25, 0.3) is 5.91 Å². The molecule has 2 unspecified atom stereocenters. The van der Waals surface area contributed by atoms with Crippen molar-refractivity contribution in [2.24, 2.45) is 0 Å². The standard InChI is InChI=1S/C15H17NO2/c1-2-6-12-9-13-10-18-15(16(13)14(12)17)11-7-4-3-5-8-11/h3-8,13,15H,2,9-10H2,1H3. The molecule has 94 valence electrons. The van der Waals surface area contributed by atoms with Crippen LogP contribution < -0.4 is 0 Å². The van der Waals surface area contributed by atoms with E-state index in [-0.39, 0.29) is 18.2 Å². The number of hydrogen-bond acceptors (Lipinski definition) is 2. The minimum Gasteiger partial charge on any atom is -0.352 e. The van der Waals surface area contributed by atoms with Gasteiger partial charge in [-0.25, -0.2) is 0 Å². The molecule has 2 fully saturated rings. The number of amides is 1. The predicted octanol–water partition coefficient (Wildman–Crippen LogP) is 2.65. The summed E-state index contributed by atoms with van der Waals surface area (Å²) in [4.78, 5) is 14.2. The van der Waals surface area contributed by atoms with Crippen molar-refractivity contribution in [3.63, 3.8) is 0 Å². The summed E-state index contributed by atoms with van der Waals surface area (Å²) in [5.41, 5.74) is 2.01. The number of carbonyl (C=O) groups is 1. The van der Waals surface area contributed by atoms with Crippen molar-refractivity contribution in [2.45, 2.75) is 32.0 Å². The van der Waals surface area contributed by atoms with Gasteiger partial charge in [-0.3, -0.25) is 4.79 Å². The van der Waals surface area contributed by atoms with Gasteiger partial charge in [0.05, 0.1) is 12.6 Å². The second-order valence-corrected chi connectivity index (χ2v) is 4.80. The highest BCUT2D eigenvalue weighted by Gasteiger charge is 2.45. The van der Waals surface area contributed by atoms with Crippen LogP contribution in [0.5, 0.6) is 0 Å². The average molecular weight is 243 g/mol. The molecule has 2 atom stereocenters. The molecule has 2 saturated heterocycles. The van der Waals surface area contributed by atoms with Gasteiger partial charge in [0, 0.05) is 17.6 Å². The molecule has 0 aliphatic carbocycles. The van der Waals surface area contributed by atoms with E-state index in [0.29, 0.717) is 6.61 Å². The number of allylic oxidation sites excluding steroid dienone is 1. The predicted molar refractivity (Wildman–Crippen MR) is 68.8 cm³/mol. The van der Waals surface area contributed by atoms with Crippen molar-refractivity contribution in [3.8, 4) is 0 Å². The molecule has 3 heteroatoms. The fourth-order valence-electron chi connectivity index (χ4n) is 2.78. The molecule has 0 bridgehead atoms. The van der Waals surface area contributed by atoms with Gasteiger partial charge in [-0.2, -0.15) is 0 Å². The van der Waals surface area contributed by atoms with Gasteiger partial charge in [-0.05, 0) is 6.42 Å². The van der Waals surface area contributed by atoms with E-state index in [9.17, 15) is 4.79 Å². The monoisotopic (exact) mass is 243 g/mol. The molecule has 1 aromatic rings. The van der Waals surface area contributed by atoms with Gasteiger partial charge in [-0.1, -0.05) is 43.3 Å². The second-order valence-electron chi connectivity index (χ2n) is 4.80. The molecule has 0 saturated carbocycles. The summed E-state index contributed by atoms with van der Waals surface area (Å²) in [7, 11) is 0. The summed E-state index contributed by atoms with van der Waals surface area (Å²) < 4.78 is 5.78. The SMILES string of the molecule is CCC=C1CC2COC(c3ccccc3)N2C1=O. The Hall–Kier alpha value is -1.61. The van der Waals surface area contributed by atoms with Crippen LogP contribution in [0, 0.1) is 0 Å². The molecule has 3 nitrogen and oxygen atoms in total. The lowest BCUT2D eigenvalue weighted by Gasteiger charge is -2.22. The summed E-state index contributed by atoms with van der Waals surface area (Å²) in [5.74, 6) is 0.146. The van der Waals surface area contributed by atoms with Crippen LogP contribution in [0.3, 0.4) is 0 Å². The first kappa shape index (κ1) is 11.5. The van der Waals surface area contributed by atoms with Crippen molar-refractivity contribution in [1.29, 1.82) is 0 Å². The Morgan fingerprint density at radius 1 is 1.39 bits per heavy atom. The Balaban J connectivity index is 1.89. The molecule has 2 aliphatic heterocycles. The van der Waals surface area contributed by atoms with E-state index in [1.165, 1.54) is 0 Å². The van der Waals surface area contributed by atoms with E-state index in [1.54, 1.807) is 0 Å². The highest BCUT2D eigenvalue weighted by atomic mass is 16.5. The van der Waals surface area contributed by atoms with Crippen LogP contribution in [0.4, 0.5) is 0 Å². The first-order chi connectivity index (χ1) is 8.81. The molecule has 0 aromatic heterocycles. The highest BCUT2D eigenvalue weighted by molar-refractivity contribution is 5.96. The maximum atomic E-state index is 12.3.